The summed E-state index contributed by atoms with van der Waals surface area (Å²) in [4.78, 5) is 10.7. The number of hydrogen-bond acceptors (Lipinski definition) is 2. The molecule has 0 N–H and O–H groups in total. The van der Waals surface area contributed by atoms with Gasteiger partial charge in [0, 0.05) is 19.8 Å². The van der Waals surface area contributed by atoms with Gasteiger partial charge in [-0.2, -0.15) is 5.26 Å². The molecule has 2 heteroatoms. The van der Waals surface area contributed by atoms with Crippen LogP contribution in [0.3, 0.4) is 0 Å². The topological polar surface area (TPSA) is 40.9 Å². The molecule has 0 radical (unpaired) electrons. The Balaban J connectivity index is 0.000000292. The minimum Gasteiger partial charge on any atom is -0.300 e. The van der Waals surface area contributed by atoms with Gasteiger partial charge >= 0.3 is 0 Å². The highest BCUT2D eigenvalue weighted by molar-refractivity contribution is 5.79. The second-order valence-electron chi connectivity index (χ2n) is 2.96. The number of nitriles is 1. The summed E-state index contributed by atoms with van der Waals surface area (Å²) in [5, 5.41) is 7.32. The van der Waals surface area contributed by atoms with Crippen molar-refractivity contribution < 1.29 is 4.79 Å². The molecule has 0 aliphatic heterocycles. The highest BCUT2D eigenvalue weighted by atomic mass is 16.1. The summed E-state index contributed by atoms with van der Waals surface area (Å²) < 4.78 is 0. The Morgan fingerprint density at radius 2 is 2.18 bits per heavy atom. The zero-order chi connectivity index (χ0) is 8.69. The van der Waals surface area contributed by atoms with Crippen molar-refractivity contribution >= 4 is 5.78 Å². The molecule has 2 nitrogen and oxygen atoms in total. The van der Waals surface area contributed by atoms with E-state index in [1.807, 2.05) is 0 Å². The van der Waals surface area contributed by atoms with E-state index >= 15 is 0 Å². The predicted molar refractivity (Wildman–Crippen MR) is 43.9 cm³/mol. The summed E-state index contributed by atoms with van der Waals surface area (Å²) >= 11 is 0. The molecule has 11 heavy (non-hydrogen) atoms. The van der Waals surface area contributed by atoms with Gasteiger partial charge in [-0.15, -0.1) is 0 Å². The molecule has 1 fully saturated rings. The van der Waals surface area contributed by atoms with Gasteiger partial charge in [0.05, 0.1) is 6.07 Å². The molecule has 1 aliphatic rings. The number of nitrogens with zero attached hydrogens (tertiary/aromatic N) is 1. The molecule has 1 atom stereocenters. The van der Waals surface area contributed by atoms with Crippen LogP contribution in [-0.2, 0) is 4.79 Å². The van der Waals surface area contributed by atoms with E-state index in [1.165, 1.54) is 13.3 Å². The maximum atomic E-state index is 10.7. The predicted octanol–water partition coefficient (Wildman–Crippen LogP) is 2.30. The lowest BCUT2D eigenvalue weighted by Crippen LogP contribution is -2.11. The van der Waals surface area contributed by atoms with E-state index in [0.717, 1.165) is 19.3 Å². The molecule has 0 amide bonds. The van der Waals surface area contributed by atoms with Gasteiger partial charge < -0.3 is 0 Å². The maximum absolute atomic E-state index is 10.7. The lowest BCUT2D eigenvalue weighted by molar-refractivity contribution is -0.121. The standard InChI is InChI=1S/C7H12O.C2H3N/c1-6-3-2-4-7(8)5-6;1-2-3/h6H,2-5H2,1H3;1H3. The summed E-state index contributed by atoms with van der Waals surface area (Å²) in [5.74, 6) is 1.12. The number of rotatable bonds is 0. The van der Waals surface area contributed by atoms with Gasteiger partial charge in [0.25, 0.3) is 0 Å². The first kappa shape index (κ1) is 10.2. The second kappa shape index (κ2) is 5.91. The lowest BCUT2D eigenvalue weighted by Gasteiger charge is -2.14. The molecule has 0 aromatic carbocycles. The summed E-state index contributed by atoms with van der Waals surface area (Å²) in [7, 11) is 0. The quantitative estimate of drug-likeness (QED) is 0.535. The van der Waals surface area contributed by atoms with Crippen molar-refractivity contribution in [2.45, 2.75) is 39.5 Å². The van der Waals surface area contributed by atoms with Crippen molar-refractivity contribution in [3.8, 4) is 6.07 Å². The fraction of sp³-hybridized carbons (Fsp3) is 0.778. The number of Topliss-reactive ketones (excluding diaryl/α,β-unsaturated/α-hetero) is 1. The minimum atomic E-state index is 0.462. The van der Waals surface area contributed by atoms with Gasteiger partial charge in [0.1, 0.15) is 5.78 Å². The summed E-state index contributed by atoms with van der Waals surface area (Å²) in [6, 6.07) is 1.75. The van der Waals surface area contributed by atoms with Crippen LogP contribution in [0.2, 0.25) is 0 Å². The van der Waals surface area contributed by atoms with E-state index in [0.29, 0.717) is 11.7 Å². The zero-order valence-corrected chi connectivity index (χ0v) is 7.26. The zero-order valence-electron chi connectivity index (χ0n) is 7.26. The molecule has 0 bridgehead atoms. The number of carbonyl (C=O) groups is 1. The molecule has 1 saturated carbocycles. The average molecular weight is 153 g/mol. The van der Waals surface area contributed by atoms with Crippen molar-refractivity contribution in [2.75, 3.05) is 0 Å². The van der Waals surface area contributed by atoms with Gasteiger partial charge in [0.2, 0.25) is 0 Å². The Morgan fingerprint density at radius 1 is 1.64 bits per heavy atom. The van der Waals surface area contributed by atoms with Crippen LogP contribution in [0.15, 0.2) is 0 Å². The van der Waals surface area contributed by atoms with Crippen LogP contribution in [0.4, 0.5) is 0 Å². The Kier molecular flexibility index (Phi) is 5.46. The van der Waals surface area contributed by atoms with E-state index in [9.17, 15) is 4.79 Å². The molecule has 1 aliphatic carbocycles. The highest BCUT2D eigenvalue weighted by Crippen LogP contribution is 2.19. The van der Waals surface area contributed by atoms with Crippen LogP contribution < -0.4 is 0 Å². The van der Waals surface area contributed by atoms with Crippen LogP contribution >= 0.6 is 0 Å². The van der Waals surface area contributed by atoms with Crippen LogP contribution in [0.5, 0.6) is 0 Å². The van der Waals surface area contributed by atoms with E-state index in [-0.39, 0.29) is 0 Å². The smallest absolute Gasteiger partial charge is 0.133 e. The molecule has 0 aromatic heterocycles. The van der Waals surface area contributed by atoms with Crippen LogP contribution in [0.1, 0.15) is 39.5 Å². The normalized spacial score (nSPS) is 23.0. The fourth-order valence-electron chi connectivity index (χ4n) is 1.24. The SMILES string of the molecule is CC#N.CC1CCCC(=O)C1. The van der Waals surface area contributed by atoms with Crippen molar-refractivity contribution in [1.29, 1.82) is 5.26 Å². The Bertz CT molecular complexity index is 157. The third-order valence-corrected chi connectivity index (χ3v) is 1.73. The monoisotopic (exact) mass is 153 g/mol. The van der Waals surface area contributed by atoms with Crippen molar-refractivity contribution in [3.05, 3.63) is 0 Å². The molecule has 0 heterocycles. The molecular weight excluding hydrogens is 138 g/mol. The van der Waals surface area contributed by atoms with Gasteiger partial charge in [-0.05, 0) is 18.8 Å². The average Bonchev–Trinajstić information content (AvgIpc) is 1.88. The van der Waals surface area contributed by atoms with Crippen molar-refractivity contribution in [3.63, 3.8) is 0 Å². The van der Waals surface area contributed by atoms with Crippen molar-refractivity contribution in [2.24, 2.45) is 5.92 Å². The van der Waals surface area contributed by atoms with Gasteiger partial charge in [-0.25, -0.2) is 0 Å². The molecule has 0 aromatic rings. The Hall–Kier alpha value is -0.840. The first-order valence-electron chi connectivity index (χ1n) is 4.03. The molecular formula is C9H15NO. The van der Waals surface area contributed by atoms with E-state index in [1.54, 1.807) is 6.07 Å². The molecule has 0 saturated heterocycles. The first-order chi connectivity index (χ1) is 5.20. The van der Waals surface area contributed by atoms with E-state index < -0.39 is 0 Å². The van der Waals surface area contributed by atoms with Gasteiger partial charge in [0.15, 0.2) is 0 Å². The van der Waals surface area contributed by atoms with Gasteiger partial charge in [-0.3, -0.25) is 4.79 Å². The fourth-order valence-corrected chi connectivity index (χ4v) is 1.24. The largest absolute Gasteiger partial charge is 0.300 e. The van der Waals surface area contributed by atoms with Crippen molar-refractivity contribution in [1.82, 2.24) is 0 Å². The van der Waals surface area contributed by atoms with Crippen LogP contribution in [-0.4, -0.2) is 5.78 Å². The van der Waals surface area contributed by atoms with Crippen LogP contribution in [0.25, 0.3) is 0 Å². The Morgan fingerprint density at radius 3 is 2.45 bits per heavy atom. The first-order valence-corrected chi connectivity index (χ1v) is 4.03. The summed E-state index contributed by atoms with van der Waals surface area (Å²) in [5.41, 5.74) is 0. The van der Waals surface area contributed by atoms with E-state index in [2.05, 4.69) is 6.92 Å². The lowest BCUT2D eigenvalue weighted by atomic mass is 9.90. The molecule has 62 valence electrons. The summed E-state index contributed by atoms with van der Waals surface area (Å²) in [6.07, 6.45) is 4.05. The number of hydrogen-bond donors (Lipinski definition) is 0. The molecule has 1 rings (SSSR count). The molecule has 0 spiro atoms. The third kappa shape index (κ3) is 5.60. The minimum absolute atomic E-state index is 0.462. The highest BCUT2D eigenvalue weighted by Gasteiger charge is 2.14. The van der Waals surface area contributed by atoms with Gasteiger partial charge in [-0.1, -0.05) is 6.92 Å². The second-order valence-corrected chi connectivity index (χ2v) is 2.96. The molecule has 1 unspecified atom stereocenters. The number of carbonyl (C=O) groups excluding carboxylic acids is 1. The maximum Gasteiger partial charge on any atom is 0.133 e. The summed E-state index contributed by atoms with van der Waals surface area (Å²) in [6.45, 7) is 3.58. The van der Waals surface area contributed by atoms with E-state index in [4.69, 9.17) is 5.26 Å². The Labute approximate surface area is 68.2 Å². The third-order valence-electron chi connectivity index (χ3n) is 1.73. The number of ketones is 1. The van der Waals surface area contributed by atoms with Crippen LogP contribution in [0, 0.1) is 17.2 Å².